The molecule has 0 aromatic heterocycles. The van der Waals surface area contributed by atoms with E-state index in [9.17, 15) is 10.4 Å². The number of nitriles is 1. The van der Waals surface area contributed by atoms with Crippen LogP contribution in [0.5, 0.6) is 0 Å². The van der Waals surface area contributed by atoms with Gasteiger partial charge in [-0.05, 0) is 37.5 Å². The Morgan fingerprint density at radius 1 is 1.35 bits per heavy atom. The third kappa shape index (κ3) is 2.23. The third-order valence-electron chi connectivity index (χ3n) is 4.91. The van der Waals surface area contributed by atoms with Crippen LogP contribution in [0.15, 0.2) is 18.2 Å². The molecule has 2 aliphatic rings. The van der Waals surface area contributed by atoms with Crippen molar-refractivity contribution >= 4 is 11.4 Å². The highest BCUT2D eigenvalue weighted by atomic mass is 16.3. The molecule has 1 saturated carbocycles. The summed E-state index contributed by atoms with van der Waals surface area (Å²) in [6.45, 7) is 1.65. The van der Waals surface area contributed by atoms with Gasteiger partial charge in [-0.2, -0.15) is 5.26 Å². The van der Waals surface area contributed by atoms with E-state index in [4.69, 9.17) is 5.73 Å². The molecule has 4 heteroatoms. The van der Waals surface area contributed by atoms with Gasteiger partial charge in [-0.1, -0.05) is 12.8 Å². The van der Waals surface area contributed by atoms with Crippen molar-refractivity contribution in [2.24, 2.45) is 5.92 Å². The SMILES string of the molecule is N#Cc1cc(N)ccc1N1CCC2(O)CCCCC2C1. The lowest BCUT2D eigenvalue weighted by Crippen LogP contribution is -2.53. The first-order valence-corrected chi connectivity index (χ1v) is 7.39. The molecule has 0 amide bonds. The van der Waals surface area contributed by atoms with Crippen molar-refractivity contribution in [1.82, 2.24) is 0 Å². The van der Waals surface area contributed by atoms with Gasteiger partial charge in [0.25, 0.3) is 0 Å². The fourth-order valence-corrected chi connectivity index (χ4v) is 3.71. The molecular weight excluding hydrogens is 250 g/mol. The van der Waals surface area contributed by atoms with E-state index < -0.39 is 5.60 Å². The predicted octanol–water partition coefficient (Wildman–Crippen LogP) is 2.27. The summed E-state index contributed by atoms with van der Waals surface area (Å²) in [5.74, 6) is 0.328. The maximum Gasteiger partial charge on any atom is 0.101 e. The Morgan fingerprint density at radius 2 is 2.20 bits per heavy atom. The zero-order valence-corrected chi connectivity index (χ0v) is 11.7. The van der Waals surface area contributed by atoms with Crippen molar-refractivity contribution in [1.29, 1.82) is 5.26 Å². The van der Waals surface area contributed by atoms with E-state index in [1.54, 1.807) is 6.07 Å². The molecule has 1 aromatic rings. The molecule has 4 nitrogen and oxygen atoms in total. The van der Waals surface area contributed by atoms with E-state index in [2.05, 4.69) is 11.0 Å². The predicted molar refractivity (Wildman–Crippen MR) is 79.3 cm³/mol. The van der Waals surface area contributed by atoms with Gasteiger partial charge in [0.15, 0.2) is 0 Å². The molecule has 1 saturated heterocycles. The molecule has 106 valence electrons. The summed E-state index contributed by atoms with van der Waals surface area (Å²) in [5.41, 5.74) is 7.48. The Balaban J connectivity index is 1.85. The second-order valence-corrected chi connectivity index (χ2v) is 6.13. The summed E-state index contributed by atoms with van der Waals surface area (Å²) >= 11 is 0. The average Bonchev–Trinajstić information content (AvgIpc) is 2.46. The van der Waals surface area contributed by atoms with E-state index in [-0.39, 0.29) is 0 Å². The van der Waals surface area contributed by atoms with Crippen LogP contribution >= 0.6 is 0 Å². The minimum atomic E-state index is -0.477. The van der Waals surface area contributed by atoms with E-state index in [0.717, 1.165) is 44.5 Å². The maximum absolute atomic E-state index is 10.7. The van der Waals surface area contributed by atoms with E-state index in [0.29, 0.717) is 17.2 Å². The summed E-state index contributed by atoms with van der Waals surface area (Å²) in [7, 11) is 0. The van der Waals surface area contributed by atoms with Crippen LogP contribution in [0.3, 0.4) is 0 Å². The van der Waals surface area contributed by atoms with Crippen LogP contribution in [0.25, 0.3) is 0 Å². The lowest BCUT2D eigenvalue weighted by atomic mass is 9.71. The summed E-state index contributed by atoms with van der Waals surface area (Å²) in [6, 6.07) is 7.74. The number of anilines is 2. The van der Waals surface area contributed by atoms with Crippen LogP contribution in [0.1, 0.15) is 37.7 Å². The van der Waals surface area contributed by atoms with Crippen LogP contribution in [0, 0.1) is 17.2 Å². The number of nitrogens with zero attached hydrogens (tertiary/aromatic N) is 2. The minimum Gasteiger partial charge on any atom is -0.399 e. The Kier molecular flexibility index (Phi) is 3.31. The fraction of sp³-hybridized carbons (Fsp3) is 0.562. The van der Waals surface area contributed by atoms with Gasteiger partial charge in [-0.15, -0.1) is 0 Å². The van der Waals surface area contributed by atoms with Crippen molar-refractivity contribution in [2.45, 2.75) is 37.7 Å². The van der Waals surface area contributed by atoms with Crippen LogP contribution in [-0.4, -0.2) is 23.8 Å². The van der Waals surface area contributed by atoms with Crippen LogP contribution in [0.4, 0.5) is 11.4 Å². The van der Waals surface area contributed by atoms with Gasteiger partial charge in [0.05, 0.1) is 16.9 Å². The Bertz CT molecular complexity index is 551. The summed E-state index contributed by atoms with van der Waals surface area (Å²) in [4.78, 5) is 2.24. The van der Waals surface area contributed by atoms with Gasteiger partial charge < -0.3 is 15.7 Å². The quantitative estimate of drug-likeness (QED) is 0.768. The largest absolute Gasteiger partial charge is 0.399 e. The molecule has 2 fully saturated rings. The zero-order chi connectivity index (χ0) is 14.2. The van der Waals surface area contributed by atoms with Crippen molar-refractivity contribution in [2.75, 3.05) is 23.7 Å². The molecule has 3 N–H and O–H groups in total. The normalized spacial score (nSPS) is 29.6. The number of nitrogen functional groups attached to an aromatic ring is 1. The molecule has 3 rings (SSSR count). The highest BCUT2D eigenvalue weighted by molar-refractivity contribution is 5.64. The third-order valence-corrected chi connectivity index (χ3v) is 4.91. The first-order valence-electron chi connectivity index (χ1n) is 7.39. The van der Waals surface area contributed by atoms with E-state index in [1.807, 2.05) is 12.1 Å². The molecule has 0 radical (unpaired) electrons. The molecule has 1 aliphatic carbocycles. The zero-order valence-electron chi connectivity index (χ0n) is 11.7. The molecule has 0 spiro atoms. The fourth-order valence-electron chi connectivity index (χ4n) is 3.71. The van der Waals surface area contributed by atoms with Crippen molar-refractivity contribution < 1.29 is 5.11 Å². The topological polar surface area (TPSA) is 73.3 Å². The monoisotopic (exact) mass is 271 g/mol. The standard InChI is InChI=1S/C16H21N3O/c17-10-12-9-14(18)4-5-15(12)19-8-7-16(20)6-2-1-3-13(16)11-19/h4-5,9,13,20H,1-3,6-8,11,18H2. The number of aliphatic hydroxyl groups is 1. The number of piperidine rings is 1. The van der Waals surface area contributed by atoms with Gasteiger partial charge in [0, 0.05) is 24.7 Å². The average molecular weight is 271 g/mol. The van der Waals surface area contributed by atoms with Gasteiger partial charge in [-0.3, -0.25) is 0 Å². The number of hydrogen-bond donors (Lipinski definition) is 2. The molecule has 1 aromatic carbocycles. The van der Waals surface area contributed by atoms with Crippen molar-refractivity contribution in [3.05, 3.63) is 23.8 Å². The lowest BCUT2D eigenvalue weighted by molar-refractivity contribution is -0.0612. The van der Waals surface area contributed by atoms with E-state index >= 15 is 0 Å². The summed E-state index contributed by atoms with van der Waals surface area (Å²) < 4.78 is 0. The number of hydrogen-bond acceptors (Lipinski definition) is 4. The molecule has 1 heterocycles. The molecular formula is C16H21N3O. The number of fused-ring (bicyclic) bond motifs is 1. The Hall–Kier alpha value is -1.73. The molecule has 2 atom stereocenters. The first-order chi connectivity index (χ1) is 9.62. The Labute approximate surface area is 119 Å². The van der Waals surface area contributed by atoms with Gasteiger partial charge in [0.1, 0.15) is 6.07 Å². The second kappa shape index (κ2) is 4.99. The van der Waals surface area contributed by atoms with E-state index in [1.165, 1.54) is 6.42 Å². The summed E-state index contributed by atoms with van der Waals surface area (Å²) in [5, 5.41) is 20.0. The molecule has 2 unspecified atom stereocenters. The smallest absolute Gasteiger partial charge is 0.101 e. The highest BCUT2D eigenvalue weighted by Crippen LogP contribution is 2.41. The van der Waals surface area contributed by atoms with Crippen LogP contribution in [0.2, 0.25) is 0 Å². The number of benzene rings is 1. The molecule has 1 aliphatic heterocycles. The summed E-state index contributed by atoms with van der Waals surface area (Å²) in [6.07, 6.45) is 5.15. The first kappa shape index (κ1) is 13.3. The maximum atomic E-state index is 10.7. The van der Waals surface area contributed by atoms with Crippen molar-refractivity contribution in [3.8, 4) is 6.07 Å². The number of rotatable bonds is 1. The van der Waals surface area contributed by atoms with Crippen molar-refractivity contribution in [3.63, 3.8) is 0 Å². The molecule has 0 bridgehead atoms. The van der Waals surface area contributed by atoms with Gasteiger partial charge >= 0.3 is 0 Å². The highest BCUT2D eigenvalue weighted by Gasteiger charge is 2.42. The second-order valence-electron chi connectivity index (χ2n) is 6.13. The Morgan fingerprint density at radius 3 is 3.00 bits per heavy atom. The molecule has 20 heavy (non-hydrogen) atoms. The van der Waals surface area contributed by atoms with Crippen LogP contribution < -0.4 is 10.6 Å². The van der Waals surface area contributed by atoms with Gasteiger partial charge in [0.2, 0.25) is 0 Å². The van der Waals surface area contributed by atoms with Gasteiger partial charge in [-0.25, -0.2) is 0 Å². The lowest BCUT2D eigenvalue weighted by Gasteiger charge is -2.48. The minimum absolute atomic E-state index is 0.328. The van der Waals surface area contributed by atoms with Crippen LogP contribution in [-0.2, 0) is 0 Å². The number of nitrogens with two attached hydrogens (primary N) is 1.